The quantitative estimate of drug-likeness (QED) is 0.0662. The molecule has 0 radical (unpaired) electrons. The van der Waals surface area contributed by atoms with Gasteiger partial charge >= 0.3 is 11.6 Å². The third-order valence-electron chi connectivity index (χ3n) is 11.9. The van der Waals surface area contributed by atoms with Crippen molar-refractivity contribution in [1.29, 1.82) is 0 Å². The van der Waals surface area contributed by atoms with Crippen LogP contribution in [0.1, 0.15) is 35.6 Å². The molecule has 12 heteroatoms. The van der Waals surface area contributed by atoms with Crippen LogP contribution in [0.25, 0.3) is 11.4 Å². The summed E-state index contributed by atoms with van der Waals surface area (Å²) < 4.78 is 13.3. The van der Waals surface area contributed by atoms with Gasteiger partial charge in [-0.3, -0.25) is 0 Å². The number of rotatable bonds is 18. The fraction of sp³-hybridized carbons (Fsp3) is 0.182. The number of anilines is 4. The molecule has 0 saturated heterocycles. The van der Waals surface area contributed by atoms with Crippen LogP contribution in [0, 0.1) is 27.7 Å². The van der Waals surface area contributed by atoms with E-state index in [0.717, 1.165) is 96.2 Å². The Morgan fingerprint density at radius 3 is 1.28 bits per heavy atom. The number of benzene rings is 4. The zero-order valence-electron chi connectivity index (χ0n) is 38.6. The normalized spacial score (nSPS) is 11.5. The number of aryl methyl sites for hydroxylation is 8. The minimum absolute atomic E-state index is 0.796. The van der Waals surface area contributed by atoms with Gasteiger partial charge in [-0.05, 0) is 171 Å². The van der Waals surface area contributed by atoms with E-state index >= 15 is 0 Å². The number of imidazole rings is 1. The molecule has 0 atom stereocenters. The summed E-state index contributed by atoms with van der Waals surface area (Å²) in [6.07, 6.45) is 12.5. The first-order chi connectivity index (χ1) is 32.8. The fourth-order valence-corrected chi connectivity index (χ4v) is 8.36. The lowest BCUT2D eigenvalue weighted by Crippen LogP contribution is -2.38. The zero-order valence-corrected chi connectivity index (χ0v) is 38.6. The third-order valence-corrected chi connectivity index (χ3v) is 11.9. The predicted octanol–water partition coefficient (Wildman–Crippen LogP) is 12.7. The summed E-state index contributed by atoms with van der Waals surface area (Å²) in [5.41, 5.74) is 12.8. The van der Waals surface area contributed by atoms with Gasteiger partial charge < -0.3 is 19.8 Å². The van der Waals surface area contributed by atoms with Gasteiger partial charge in [0.15, 0.2) is 0 Å². The molecular weight excluding hydrogens is 829 g/mol. The van der Waals surface area contributed by atoms with Crippen LogP contribution in [0.4, 0.5) is 45.8 Å². The van der Waals surface area contributed by atoms with E-state index in [0.29, 0.717) is 0 Å². The highest BCUT2D eigenvalue weighted by molar-refractivity contribution is 5.64. The molecular formula is C55H57N12+3. The number of nitrogens with one attached hydrogen (secondary N) is 2. The SMILES string of the molecule is Cc1ccc(C)n1-c1ccc(Nc2ccc(N=Nc3cccc[n+]3CCCn3cc[n+](CCC[n+]4ccccc4N=Nc4ccc(Nc5ccc(-n6c(C)ccc6C)cc5)cc4)c3)cc2)cc1. The van der Waals surface area contributed by atoms with Crippen molar-refractivity contribution in [2.45, 2.75) is 66.7 Å². The summed E-state index contributed by atoms with van der Waals surface area (Å²) in [4.78, 5) is 0. The van der Waals surface area contributed by atoms with E-state index in [-0.39, 0.29) is 0 Å². The lowest BCUT2D eigenvalue weighted by atomic mass is 10.2. The van der Waals surface area contributed by atoms with Crippen LogP contribution >= 0.6 is 0 Å². The van der Waals surface area contributed by atoms with E-state index in [1.165, 1.54) is 22.8 Å². The average Bonchev–Trinajstić information content (AvgIpc) is 4.06. The standard InChI is InChI=1S/C55H55N12/c1-42-13-14-43(2)66(42)52-29-25-48(26-30-52)56-46-17-21-50(22-18-46)58-60-54-11-5-7-35-64(54)37-9-33-62-39-40-63(41-62)34-10-38-65-36-8-6-12-55(65)61-59-51-23-19-47(20-24-51)57-49-27-31-53(32-28-49)67-44(3)15-16-45(67)4/h5-8,11-32,35-36,39-41H,9-10,33-34,37-38H2,1-4H3/q+1/p+2. The van der Waals surface area contributed by atoms with E-state index in [4.69, 9.17) is 0 Å². The van der Waals surface area contributed by atoms with Crippen molar-refractivity contribution in [2.75, 3.05) is 10.6 Å². The van der Waals surface area contributed by atoms with Crippen LogP contribution in [0.15, 0.2) is 209 Å². The maximum absolute atomic E-state index is 4.62. The number of hydrogen-bond acceptors (Lipinski definition) is 6. The summed E-state index contributed by atoms with van der Waals surface area (Å²) >= 11 is 0. The lowest BCUT2D eigenvalue weighted by molar-refractivity contribution is -0.721. The Balaban J connectivity index is 0.716. The van der Waals surface area contributed by atoms with E-state index < -0.39 is 0 Å². The Kier molecular flexibility index (Phi) is 13.6. The maximum atomic E-state index is 4.62. The molecule has 4 aromatic carbocycles. The van der Waals surface area contributed by atoms with Crippen molar-refractivity contribution < 1.29 is 13.7 Å². The highest BCUT2D eigenvalue weighted by Gasteiger charge is 2.13. The summed E-state index contributed by atoms with van der Waals surface area (Å²) in [7, 11) is 0. The highest BCUT2D eigenvalue weighted by Crippen LogP contribution is 2.26. The number of azo groups is 2. The molecule has 0 unspecified atom stereocenters. The molecule has 0 saturated carbocycles. The molecule has 67 heavy (non-hydrogen) atoms. The van der Waals surface area contributed by atoms with Crippen LogP contribution in [-0.4, -0.2) is 13.7 Å². The molecule has 9 aromatic rings. The molecule has 0 aliphatic carbocycles. The van der Waals surface area contributed by atoms with Crippen LogP contribution < -0.4 is 24.3 Å². The van der Waals surface area contributed by atoms with Crippen molar-refractivity contribution in [1.82, 2.24) is 13.7 Å². The number of nitrogens with zero attached hydrogens (tertiary/aromatic N) is 10. The van der Waals surface area contributed by atoms with Gasteiger partial charge in [-0.1, -0.05) is 12.1 Å². The van der Waals surface area contributed by atoms with Gasteiger partial charge in [0.1, 0.15) is 23.8 Å². The first kappa shape index (κ1) is 44.0. The van der Waals surface area contributed by atoms with Gasteiger partial charge in [0.25, 0.3) is 0 Å². The second-order valence-corrected chi connectivity index (χ2v) is 16.8. The Morgan fingerprint density at radius 1 is 0.418 bits per heavy atom. The molecule has 2 N–H and O–H groups in total. The summed E-state index contributed by atoms with van der Waals surface area (Å²) in [5.74, 6) is 1.64. The van der Waals surface area contributed by atoms with Crippen LogP contribution in [-0.2, 0) is 26.2 Å². The van der Waals surface area contributed by atoms with Crippen molar-refractivity contribution >= 4 is 45.8 Å². The molecule has 12 nitrogen and oxygen atoms in total. The molecule has 0 amide bonds. The van der Waals surface area contributed by atoms with Gasteiger partial charge in [0.2, 0.25) is 6.33 Å². The van der Waals surface area contributed by atoms with E-state index in [1.54, 1.807) is 0 Å². The Hall–Kier alpha value is -8.25. The fourth-order valence-electron chi connectivity index (χ4n) is 8.36. The minimum atomic E-state index is 0.796. The van der Waals surface area contributed by atoms with Crippen molar-refractivity contribution in [2.24, 2.45) is 20.5 Å². The largest absolute Gasteiger partial charge is 0.356 e. The van der Waals surface area contributed by atoms with Gasteiger partial charge in [0, 0.05) is 81.9 Å². The molecule has 0 spiro atoms. The van der Waals surface area contributed by atoms with Crippen molar-refractivity contribution in [3.63, 3.8) is 0 Å². The highest BCUT2D eigenvalue weighted by atomic mass is 15.2. The molecule has 0 fully saturated rings. The molecule has 5 aromatic heterocycles. The van der Waals surface area contributed by atoms with Crippen LogP contribution in [0.2, 0.25) is 0 Å². The average molecular weight is 886 g/mol. The molecule has 5 heterocycles. The van der Waals surface area contributed by atoms with Gasteiger partial charge in [-0.2, -0.15) is 0 Å². The van der Waals surface area contributed by atoms with E-state index in [2.05, 4.69) is 190 Å². The van der Waals surface area contributed by atoms with Gasteiger partial charge in [-0.15, -0.1) is 0 Å². The van der Waals surface area contributed by atoms with Crippen molar-refractivity contribution in [3.8, 4) is 11.4 Å². The minimum Gasteiger partial charge on any atom is -0.356 e. The third kappa shape index (κ3) is 11.2. The first-order valence-electron chi connectivity index (χ1n) is 22.9. The topological polar surface area (TPSA) is 99.9 Å². The smallest absolute Gasteiger partial charge is 0.350 e. The molecule has 9 rings (SSSR count). The number of hydrogen-bond donors (Lipinski definition) is 2. The van der Waals surface area contributed by atoms with E-state index in [9.17, 15) is 0 Å². The van der Waals surface area contributed by atoms with Crippen molar-refractivity contribution in [3.05, 3.63) is 212 Å². The number of pyridine rings is 2. The Bertz CT molecular complexity index is 2850. The maximum Gasteiger partial charge on any atom is 0.350 e. The summed E-state index contributed by atoms with van der Waals surface area (Å²) in [6.45, 7) is 11.9. The molecule has 334 valence electrons. The molecule has 0 bridgehead atoms. The Morgan fingerprint density at radius 2 is 0.836 bits per heavy atom. The zero-order chi connectivity index (χ0) is 46.0. The van der Waals surface area contributed by atoms with Gasteiger partial charge in [0.05, 0.1) is 48.8 Å². The summed E-state index contributed by atoms with van der Waals surface area (Å²) in [5, 5.41) is 25.4. The predicted molar refractivity (Wildman–Crippen MR) is 265 cm³/mol. The first-order valence-corrected chi connectivity index (χ1v) is 22.9. The Labute approximate surface area is 392 Å². The van der Waals surface area contributed by atoms with Crippen LogP contribution in [0.5, 0.6) is 0 Å². The van der Waals surface area contributed by atoms with E-state index in [1.807, 2.05) is 84.9 Å². The molecule has 0 aliphatic heterocycles. The second-order valence-electron chi connectivity index (χ2n) is 16.8. The lowest BCUT2D eigenvalue weighted by Gasteiger charge is -2.11. The number of aromatic nitrogens is 6. The van der Waals surface area contributed by atoms with Crippen LogP contribution in [0.3, 0.4) is 0 Å². The monoisotopic (exact) mass is 885 g/mol. The second kappa shape index (κ2) is 20.7. The summed E-state index contributed by atoms with van der Waals surface area (Å²) in [6, 6.07) is 53.7. The molecule has 0 aliphatic rings. The van der Waals surface area contributed by atoms with Gasteiger partial charge in [-0.25, -0.2) is 18.3 Å².